The molecule has 0 aliphatic carbocycles. The molecule has 2 aromatic carbocycles. The number of fused-ring (bicyclic) bond motifs is 1. The normalized spacial score (nSPS) is 18.5. The molecule has 0 bridgehead atoms. The number of halogens is 1. The van der Waals surface area contributed by atoms with Crippen molar-refractivity contribution in [3.63, 3.8) is 0 Å². The van der Waals surface area contributed by atoms with E-state index in [0.717, 1.165) is 11.3 Å². The Morgan fingerprint density at radius 1 is 1.14 bits per heavy atom. The van der Waals surface area contributed by atoms with E-state index in [4.69, 9.17) is 4.74 Å². The lowest BCUT2D eigenvalue weighted by Crippen LogP contribution is -2.26. The average Bonchev–Trinajstić information content (AvgIpc) is 3.12. The molecule has 1 unspecified atom stereocenters. The number of thioether (sulfide) groups is 1. The summed E-state index contributed by atoms with van der Waals surface area (Å²) in [5, 5.41) is 13.5. The smallest absolute Gasteiger partial charge is 0.138 e. The van der Waals surface area contributed by atoms with Gasteiger partial charge in [-0.2, -0.15) is 0 Å². The molecule has 3 nitrogen and oxygen atoms in total. The first kappa shape index (κ1) is 18.8. The topological polar surface area (TPSA) is 41.5 Å². The first-order valence-corrected chi connectivity index (χ1v) is 10.3. The Bertz CT molecular complexity index is 1000. The van der Waals surface area contributed by atoms with Crippen molar-refractivity contribution < 1.29 is 14.2 Å². The molecule has 4 rings (SSSR count). The zero-order valence-electron chi connectivity index (χ0n) is 16.0. The molecule has 2 N–H and O–H groups in total. The number of hydrogen-bond donors (Lipinski definition) is 2. The number of allylic oxidation sites excluding steroid dienone is 2. The van der Waals surface area contributed by atoms with Crippen LogP contribution in [0.2, 0.25) is 0 Å². The molecule has 0 radical (unpaired) electrons. The summed E-state index contributed by atoms with van der Waals surface area (Å²) >= 11 is 1.69. The minimum atomic E-state index is -1.26. The number of ether oxygens (including phenoxy) is 1. The summed E-state index contributed by atoms with van der Waals surface area (Å²) in [6, 6.07) is 13.1. The number of benzene rings is 2. The Morgan fingerprint density at radius 2 is 1.89 bits per heavy atom. The lowest BCUT2D eigenvalue weighted by molar-refractivity contribution is 0.0745. The van der Waals surface area contributed by atoms with Crippen molar-refractivity contribution >= 4 is 23.1 Å². The molecule has 2 aliphatic rings. The highest BCUT2D eigenvalue weighted by molar-refractivity contribution is 7.98. The second kappa shape index (κ2) is 7.15. The van der Waals surface area contributed by atoms with E-state index in [1.54, 1.807) is 50.0 Å². The van der Waals surface area contributed by atoms with E-state index in [0.29, 0.717) is 16.9 Å². The quantitative estimate of drug-likeness (QED) is 0.712. The van der Waals surface area contributed by atoms with Gasteiger partial charge in [-0.25, -0.2) is 4.39 Å². The predicted molar refractivity (Wildman–Crippen MR) is 112 cm³/mol. The molecule has 0 fully saturated rings. The van der Waals surface area contributed by atoms with Crippen molar-refractivity contribution in [1.29, 1.82) is 0 Å². The van der Waals surface area contributed by atoms with Gasteiger partial charge in [-0.3, -0.25) is 0 Å². The highest BCUT2D eigenvalue weighted by Gasteiger charge is 2.31. The molecule has 2 aliphatic heterocycles. The van der Waals surface area contributed by atoms with E-state index in [-0.39, 0.29) is 11.6 Å². The predicted octanol–water partition coefficient (Wildman–Crippen LogP) is 5.04. The van der Waals surface area contributed by atoms with Crippen LogP contribution in [0.15, 0.2) is 71.5 Å². The second-order valence-corrected chi connectivity index (χ2v) is 8.22. The monoisotopic (exact) mass is 395 g/mol. The van der Waals surface area contributed by atoms with Crippen LogP contribution < -0.4 is 5.32 Å². The van der Waals surface area contributed by atoms with Gasteiger partial charge in [-0.15, -0.1) is 11.8 Å². The Morgan fingerprint density at radius 3 is 2.57 bits per heavy atom. The lowest BCUT2D eigenvalue weighted by Gasteiger charge is -2.23. The molecule has 0 saturated heterocycles. The summed E-state index contributed by atoms with van der Waals surface area (Å²) in [7, 11) is 0. The first-order chi connectivity index (χ1) is 13.4. The van der Waals surface area contributed by atoms with Crippen LogP contribution >= 0.6 is 11.8 Å². The molecule has 0 aromatic heterocycles. The van der Waals surface area contributed by atoms with Gasteiger partial charge in [0.25, 0.3) is 0 Å². The summed E-state index contributed by atoms with van der Waals surface area (Å²) in [5.41, 5.74) is 1.08. The van der Waals surface area contributed by atoms with E-state index >= 15 is 4.39 Å². The van der Waals surface area contributed by atoms with Gasteiger partial charge in [0.15, 0.2) is 0 Å². The largest absolute Gasteiger partial charge is 0.458 e. The SMILES string of the molecule is CSc1ccc(C2=CC3NC=CC(c4cccc(C(C)(C)O)c4F)=C3O2)cc1. The molecule has 1 atom stereocenters. The molecule has 2 heterocycles. The van der Waals surface area contributed by atoms with Crippen LogP contribution in [-0.4, -0.2) is 17.4 Å². The first-order valence-electron chi connectivity index (χ1n) is 9.11. The standard InChI is InChI=1S/C23H22FNO2S/c1-23(2,26)18-6-4-5-16(21(18)24)17-11-12-25-19-13-20(27-22(17)19)14-7-9-15(28-3)10-8-14/h4-13,19,25-26H,1-3H3. The minimum Gasteiger partial charge on any atom is -0.458 e. The number of aliphatic hydroxyl groups is 1. The average molecular weight is 395 g/mol. The van der Waals surface area contributed by atoms with Gasteiger partial charge in [0.1, 0.15) is 23.4 Å². The van der Waals surface area contributed by atoms with Gasteiger partial charge in [0, 0.05) is 27.2 Å². The molecule has 5 heteroatoms. The minimum absolute atomic E-state index is 0.152. The van der Waals surface area contributed by atoms with E-state index < -0.39 is 11.4 Å². The highest BCUT2D eigenvalue weighted by Crippen LogP contribution is 2.38. The second-order valence-electron chi connectivity index (χ2n) is 7.34. The van der Waals surface area contributed by atoms with Crippen LogP contribution in [0.1, 0.15) is 30.5 Å². The van der Waals surface area contributed by atoms with Gasteiger partial charge >= 0.3 is 0 Å². The summed E-state index contributed by atoms with van der Waals surface area (Å²) in [5.74, 6) is 0.989. The van der Waals surface area contributed by atoms with Crippen molar-refractivity contribution in [2.24, 2.45) is 0 Å². The van der Waals surface area contributed by atoms with Crippen LogP contribution in [0.4, 0.5) is 4.39 Å². The van der Waals surface area contributed by atoms with E-state index in [1.165, 1.54) is 4.90 Å². The van der Waals surface area contributed by atoms with E-state index in [2.05, 4.69) is 17.4 Å². The zero-order valence-corrected chi connectivity index (χ0v) is 16.8. The third-order valence-electron chi connectivity index (χ3n) is 4.93. The summed E-state index contributed by atoms with van der Waals surface area (Å²) in [6.45, 7) is 3.16. The molecule has 28 heavy (non-hydrogen) atoms. The van der Waals surface area contributed by atoms with Gasteiger partial charge in [0.05, 0.1) is 5.60 Å². The van der Waals surface area contributed by atoms with E-state index in [1.807, 2.05) is 30.5 Å². The maximum Gasteiger partial charge on any atom is 0.138 e. The van der Waals surface area contributed by atoms with Crippen LogP contribution in [0, 0.1) is 5.82 Å². The van der Waals surface area contributed by atoms with Crippen molar-refractivity contribution in [2.45, 2.75) is 30.4 Å². The fourth-order valence-corrected chi connectivity index (χ4v) is 3.86. The third-order valence-corrected chi connectivity index (χ3v) is 5.68. The van der Waals surface area contributed by atoms with E-state index in [9.17, 15) is 5.11 Å². The fourth-order valence-electron chi connectivity index (χ4n) is 3.45. The van der Waals surface area contributed by atoms with Crippen LogP contribution in [-0.2, 0) is 10.3 Å². The van der Waals surface area contributed by atoms with Gasteiger partial charge < -0.3 is 15.2 Å². The Labute approximate surface area is 168 Å². The van der Waals surface area contributed by atoms with Gasteiger partial charge in [0.2, 0.25) is 0 Å². The third kappa shape index (κ3) is 3.36. The fraction of sp³-hybridized carbons (Fsp3) is 0.217. The van der Waals surface area contributed by atoms with Crippen molar-refractivity contribution in [3.8, 4) is 0 Å². The number of hydrogen-bond acceptors (Lipinski definition) is 4. The molecule has 0 spiro atoms. The molecular weight excluding hydrogens is 373 g/mol. The summed E-state index contributed by atoms with van der Waals surface area (Å²) in [6.07, 6.45) is 7.66. The number of rotatable bonds is 4. The molecule has 0 saturated carbocycles. The zero-order chi connectivity index (χ0) is 19.9. The van der Waals surface area contributed by atoms with Gasteiger partial charge in [-0.1, -0.05) is 30.3 Å². The lowest BCUT2D eigenvalue weighted by atomic mass is 9.91. The van der Waals surface area contributed by atoms with Crippen LogP contribution in [0.5, 0.6) is 0 Å². The number of nitrogens with one attached hydrogen (secondary N) is 1. The molecule has 144 valence electrons. The molecular formula is C23H22FNO2S. The maximum absolute atomic E-state index is 15.2. The van der Waals surface area contributed by atoms with Crippen LogP contribution in [0.25, 0.3) is 11.3 Å². The van der Waals surface area contributed by atoms with Crippen LogP contribution in [0.3, 0.4) is 0 Å². The Hall–Kier alpha value is -2.50. The van der Waals surface area contributed by atoms with Crippen molar-refractivity contribution in [1.82, 2.24) is 5.32 Å². The Balaban J connectivity index is 1.73. The highest BCUT2D eigenvalue weighted by atomic mass is 32.2. The molecule has 2 aromatic rings. The Kier molecular flexibility index (Phi) is 4.81. The maximum atomic E-state index is 15.2. The van der Waals surface area contributed by atoms with Crippen molar-refractivity contribution in [3.05, 3.63) is 89.1 Å². The number of dihydropyridines is 1. The molecule has 0 amide bonds. The van der Waals surface area contributed by atoms with Crippen molar-refractivity contribution in [2.75, 3.05) is 6.26 Å². The summed E-state index contributed by atoms with van der Waals surface area (Å²) in [4.78, 5) is 1.19. The summed E-state index contributed by atoms with van der Waals surface area (Å²) < 4.78 is 21.4. The van der Waals surface area contributed by atoms with Gasteiger partial charge in [-0.05, 0) is 50.6 Å².